The van der Waals surface area contributed by atoms with Crippen LogP contribution in [0.3, 0.4) is 0 Å². The molecule has 0 aliphatic rings. The second kappa shape index (κ2) is 6.41. The van der Waals surface area contributed by atoms with Gasteiger partial charge in [0.2, 0.25) is 0 Å². The number of nitrogens with one attached hydrogen (secondary N) is 2. The van der Waals surface area contributed by atoms with Crippen molar-refractivity contribution in [1.29, 1.82) is 0 Å². The summed E-state index contributed by atoms with van der Waals surface area (Å²) < 4.78 is 27.6. The average molecular weight is 345 g/mol. The first kappa shape index (κ1) is 15.1. The maximum atomic E-state index is 13.6. The molecule has 0 amide bonds. The smallest absolute Gasteiger partial charge is 0.153 e. The van der Waals surface area contributed by atoms with Gasteiger partial charge in [0.25, 0.3) is 0 Å². The molecule has 0 fully saturated rings. The van der Waals surface area contributed by atoms with E-state index < -0.39 is 11.6 Å². The molecule has 1 aromatic heterocycles. The first-order valence-electron chi connectivity index (χ1n) is 6.22. The van der Waals surface area contributed by atoms with Crippen molar-refractivity contribution < 1.29 is 8.78 Å². The number of aromatic amines is 1. The van der Waals surface area contributed by atoms with Crippen molar-refractivity contribution in [3.63, 3.8) is 0 Å². The largest absolute Gasteiger partial charge is 0.306 e. The van der Waals surface area contributed by atoms with E-state index in [0.29, 0.717) is 16.8 Å². The van der Waals surface area contributed by atoms with E-state index in [4.69, 9.17) is 0 Å². The van der Waals surface area contributed by atoms with E-state index >= 15 is 0 Å². The Morgan fingerprint density at radius 3 is 2.45 bits per heavy atom. The number of aromatic nitrogens is 3. The van der Waals surface area contributed by atoms with Crippen LogP contribution in [0, 0.1) is 11.6 Å². The molecule has 0 spiro atoms. The standard InChI is InChI=1S/C13H15BrF2N4/c1-7(2)13-18-12(19-20-13)6-17-5-9-10(15)3-8(14)4-11(9)16/h3-4,7,17H,5-6H2,1-2H3,(H,18,19,20). The highest BCUT2D eigenvalue weighted by atomic mass is 79.9. The van der Waals surface area contributed by atoms with Crippen molar-refractivity contribution in [2.45, 2.75) is 32.9 Å². The molecule has 2 N–H and O–H groups in total. The third kappa shape index (κ3) is 3.61. The Labute approximate surface area is 124 Å². The van der Waals surface area contributed by atoms with E-state index in [1.807, 2.05) is 13.8 Å². The Hall–Kier alpha value is -1.34. The third-order valence-electron chi connectivity index (χ3n) is 2.77. The van der Waals surface area contributed by atoms with Crippen LogP contribution in [0.25, 0.3) is 0 Å². The van der Waals surface area contributed by atoms with Gasteiger partial charge in [-0.05, 0) is 12.1 Å². The number of hydrogen-bond donors (Lipinski definition) is 2. The summed E-state index contributed by atoms with van der Waals surface area (Å²) in [5, 5.41) is 9.79. The molecule has 108 valence electrons. The summed E-state index contributed by atoms with van der Waals surface area (Å²) in [4.78, 5) is 4.28. The van der Waals surface area contributed by atoms with Crippen LogP contribution in [0.1, 0.15) is 37.0 Å². The van der Waals surface area contributed by atoms with Crippen LogP contribution in [0.5, 0.6) is 0 Å². The summed E-state index contributed by atoms with van der Waals surface area (Å²) in [6.07, 6.45) is 0. The Balaban J connectivity index is 1.96. The fourth-order valence-corrected chi connectivity index (χ4v) is 2.10. The molecule has 0 radical (unpaired) electrons. The number of nitrogens with zero attached hydrogens (tertiary/aromatic N) is 2. The molecule has 4 nitrogen and oxygen atoms in total. The first-order valence-corrected chi connectivity index (χ1v) is 7.02. The number of H-pyrrole nitrogens is 1. The van der Waals surface area contributed by atoms with Gasteiger partial charge < -0.3 is 5.32 Å². The van der Waals surface area contributed by atoms with Gasteiger partial charge in [-0.2, -0.15) is 5.10 Å². The Morgan fingerprint density at radius 2 is 1.90 bits per heavy atom. The monoisotopic (exact) mass is 344 g/mol. The molecule has 1 heterocycles. The lowest BCUT2D eigenvalue weighted by Gasteiger charge is -2.06. The summed E-state index contributed by atoms with van der Waals surface area (Å²) in [7, 11) is 0. The van der Waals surface area contributed by atoms with Gasteiger partial charge in [-0.1, -0.05) is 29.8 Å². The van der Waals surface area contributed by atoms with Crippen molar-refractivity contribution in [3.05, 3.63) is 45.5 Å². The topological polar surface area (TPSA) is 53.6 Å². The molecule has 2 aromatic rings. The highest BCUT2D eigenvalue weighted by Crippen LogP contribution is 2.19. The molecule has 0 aliphatic heterocycles. The maximum absolute atomic E-state index is 13.6. The predicted octanol–water partition coefficient (Wildman–Crippen LogP) is 3.26. The zero-order chi connectivity index (χ0) is 14.7. The lowest BCUT2D eigenvalue weighted by atomic mass is 10.2. The highest BCUT2D eigenvalue weighted by molar-refractivity contribution is 9.10. The van der Waals surface area contributed by atoms with Crippen LogP contribution < -0.4 is 5.32 Å². The molecule has 0 saturated heterocycles. The number of benzene rings is 1. The van der Waals surface area contributed by atoms with Crippen LogP contribution in [0.15, 0.2) is 16.6 Å². The molecule has 0 saturated carbocycles. The molecule has 1 aromatic carbocycles. The molecule has 2 rings (SSSR count). The van der Waals surface area contributed by atoms with Crippen LogP contribution in [0.2, 0.25) is 0 Å². The van der Waals surface area contributed by atoms with Crippen molar-refractivity contribution in [2.75, 3.05) is 0 Å². The number of rotatable bonds is 5. The molecule has 0 aliphatic carbocycles. The second-order valence-electron chi connectivity index (χ2n) is 4.75. The molecule has 0 atom stereocenters. The van der Waals surface area contributed by atoms with E-state index in [0.717, 1.165) is 5.82 Å². The number of hydrogen-bond acceptors (Lipinski definition) is 3. The summed E-state index contributed by atoms with van der Waals surface area (Å²) in [5.74, 6) is 0.449. The van der Waals surface area contributed by atoms with Gasteiger partial charge in [-0.3, -0.25) is 5.10 Å². The van der Waals surface area contributed by atoms with Crippen LogP contribution in [0.4, 0.5) is 8.78 Å². The third-order valence-corrected chi connectivity index (χ3v) is 3.22. The lowest BCUT2D eigenvalue weighted by Crippen LogP contribution is -2.16. The van der Waals surface area contributed by atoms with Crippen LogP contribution in [-0.2, 0) is 13.1 Å². The van der Waals surface area contributed by atoms with Gasteiger partial charge in [0.05, 0.1) is 6.54 Å². The Morgan fingerprint density at radius 1 is 1.25 bits per heavy atom. The Kier molecular flexibility index (Phi) is 4.82. The van der Waals surface area contributed by atoms with Gasteiger partial charge in [0.1, 0.15) is 17.5 Å². The molecule has 7 heteroatoms. The minimum absolute atomic E-state index is 0.0109. The minimum Gasteiger partial charge on any atom is -0.306 e. The SMILES string of the molecule is CC(C)c1n[nH]c(CNCc2c(F)cc(Br)cc2F)n1. The average Bonchev–Trinajstić information content (AvgIpc) is 2.81. The summed E-state index contributed by atoms with van der Waals surface area (Å²) in [5.41, 5.74) is 0.0109. The fraction of sp³-hybridized carbons (Fsp3) is 0.385. The van der Waals surface area contributed by atoms with Crippen molar-refractivity contribution >= 4 is 15.9 Å². The van der Waals surface area contributed by atoms with Gasteiger partial charge in [0.15, 0.2) is 5.82 Å². The van der Waals surface area contributed by atoms with E-state index in [2.05, 4.69) is 36.4 Å². The van der Waals surface area contributed by atoms with E-state index in [1.165, 1.54) is 12.1 Å². The quantitative estimate of drug-likeness (QED) is 0.875. The van der Waals surface area contributed by atoms with Gasteiger partial charge in [-0.15, -0.1) is 0 Å². The normalized spacial score (nSPS) is 11.3. The number of halogens is 3. The molecule has 20 heavy (non-hydrogen) atoms. The lowest BCUT2D eigenvalue weighted by molar-refractivity contribution is 0.531. The zero-order valence-corrected chi connectivity index (χ0v) is 12.8. The van der Waals surface area contributed by atoms with Gasteiger partial charge in [0, 0.05) is 22.5 Å². The van der Waals surface area contributed by atoms with E-state index in [1.54, 1.807) is 0 Å². The van der Waals surface area contributed by atoms with Gasteiger partial charge >= 0.3 is 0 Å². The fourth-order valence-electron chi connectivity index (χ4n) is 1.69. The van der Waals surface area contributed by atoms with Crippen LogP contribution in [-0.4, -0.2) is 15.2 Å². The molecule has 0 unspecified atom stereocenters. The first-order chi connectivity index (χ1) is 9.47. The molecule has 0 bridgehead atoms. The van der Waals surface area contributed by atoms with Crippen LogP contribution >= 0.6 is 15.9 Å². The van der Waals surface area contributed by atoms with E-state index in [9.17, 15) is 8.78 Å². The van der Waals surface area contributed by atoms with Crippen molar-refractivity contribution in [1.82, 2.24) is 20.5 Å². The summed E-state index contributed by atoms with van der Waals surface area (Å²) >= 11 is 3.04. The van der Waals surface area contributed by atoms with Gasteiger partial charge in [-0.25, -0.2) is 13.8 Å². The predicted molar refractivity (Wildman–Crippen MR) is 75.1 cm³/mol. The Bertz CT molecular complexity index is 575. The summed E-state index contributed by atoms with van der Waals surface area (Å²) in [6.45, 7) is 4.44. The summed E-state index contributed by atoms with van der Waals surface area (Å²) in [6, 6.07) is 2.48. The highest BCUT2D eigenvalue weighted by Gasteiger charge is 2.11. The maximum Gasteiger partial charge on any atom is 0.153 e. The minimum atomic E-state index is -0.579. The second-order valence-corrected chi connectivity index (χ2v) is 5.66. The molecular weight excluding hydrogens is 330 g/mol. The molecular formula is C13H15BrF2N4. The zero-order valence-electron chi connectivity index (χ0n) is 11.2. The van der Waals surface area contributed by atoms with E-state index in [-0.39, 0.29) is 18.0 Å². The van der Waals surface area contributed by atoms with Crippen molar-refractivity contribution in [2.24, 2.45) is 0 Å². The van der Waals surface area contributed by atoms with Crippen molar-refractivity contribution in [3.8, 4) is 0 Å².